The van der Waals surface area contributed by atoms with Gasteiger partial charge in [-0.25, -0.2) is 4.39 Å². The molecule has 0 fully saturated rings. The summed E-state index contributed by atoms with van der Waals surface area (Å²) in [5.41, 5.74) is 0.905. The number of hydrogen-bond acceptors (Lipinski definition) is 4. The van der Waals surface area contributed by atoms with Crippen LogP contribution >= 0.6 is 11.8 Å². The van der Waals surface area contributed by atoms with Crippen LogP contribution in [0.5, 0.6) is 0 Å². The third kappa shape index (κ3) is 5.91. The first-order valence-electron chi connectivity index (χ1n) is 6.37. The molecule has 3 nitrogen and oxygen atoms in total. The normalized spacial score (nSPS) is 14.4. The minimum atomic E-state index is -0.459. The molecule has 0 spiro atoms. The van der Waals surface area contributed by atoms with Crippen molar-refractivity contribution >= 4 is 11.8 Å². The highest BCUT2D eigenvalue weighted by Gasteiger charge is 2.13. The van der Waals surface area contributed by atoms with Crippen molar-refractivity contribution in [3.05, 3.63) is 29.6 Å². The van der Waals surface area contributed by atoms with Gasteiger partial charge < -0.3 is 15.2 Å². The van der Waals surface area contributed by atoms with Gasteiger partial charge in [0.2, 0.25) is 0 Å². The van der Waals surface area contributed by atoms with Gasteiger partial charge in [0.25, 0.3) is 0 Å². The topological polar surface area (TPSA) is 41.5 Å². The molecule has 2 unspecified atom stereocenters. The number of rotatable bonds is 8. The van der Waals surface area contributed by atoms with Crippen molar-refractivity contribution in [3.63, 3.8) is 0 Å². The summed E-state index contributed by atoms with van der Waals surface area (Å²) in [6, 6.07) is 5.21. The number of ether oxygens (including phenoxy) is 1. The Morgan fingerprint density at radius 1 is 1.42 bits per heavy atom. The summed E-state index contributed by atoms with van der Waals surface area (Å²) in [6.45, 7) is 5.60. The fourth-order valence-electron chi connectivity index (χ4n) is 1.46. The molecular weight excluding hydrogens is 265 g/mol. The molecule has 2 N–H and O–H groups in total. The molecule has 1 aromatic rings. The van der Waals surface area contributed by atoms with Crippen LogP contribution in [0.3, 0.4) is 0 Å². The first-order valence-corrected chi connectivity index (χ1v) is 7.25. The minimum absolute atomic E-state index is 0.0276. The molecule has 1 aromatic carbocycles. The van der Waals surface area contributed by atoms with Gasteiger partial charge in [0, 0.05) is 30.3 Å². The molecule has 1 rings (SSSR count). The summed E-state index contributed by atoms with van der Waals surface area (Å²) in [5, 5.41) is 12.6. The summed E-state index contributed by atoms with van der Waals surface area (Å²) in [4.78, 5) is 0.578. The monoisotopic (exact) mass is 287 g/mol. The highest BCUT2D eigenvalue weighted by Crippen LogP contribution is 2.28. The summed E-state index contributed by atoms with van der Waals surface area (Å²) in [7, 11) is 1.65. The molecule has 5 heteroatoms. The molecule has 0 aliphatic carbocycles. The van der Waals surface area contributed by atoms with Crippen LogP contribution in [0.4, 0.5) is 4.39 Å². The lowest BCUT2D eigenvalue weighted by Gasteiger charge is -2.15. The lowest BCUT2D eigenvalue weighted by molar-refractivity contribution is 0.196. The lowest BCUT2D eigenvalue weighted by Crippen LogP contribution is -2.18. The summed E-state index contributed by atoms with van der Waals surface area (Å²) < 4.78 is 18.8. The Morgan fingerprint density at radius 2 is 2.16 bits per heavy atom. The molecular formula is C14H22FNO2S. The van der Waals surface area contributed by atoms with Crippen LogP contribution in [-0.2, 0) is 11.3 Å². The number of hydrogen-bond donors (Lipinski definition) is 2. The lowest BCUT2D eigenvalue weighted by atomic mass is 10.2. The van der Waals surface area contributed by atoms with Crippen LogP contribution in [0, 0.1) is 5.82 Å². The van der Waals surface area contributed by atoms with E-state index in [4.69, 9.17) is 4.74 Å². The van der Waals surface area contributed by atoms with Crippen molar-refractivity contribution < 1.29 is 14.2 Å². The van der Waals surface area contributed by atoms with Crippen LogP contribution in [0.1, 0.15) is 19.4 Å². The van der Waals surface area contributed by atoms with Crippen molar-refractivity contribution in [2.75, 3.05) is 20.3 Å². The van der Waals surface area contributed by atoms with E-state index in [0.29, 0.717) is 18.0 Å². The second-order valence-electron chi connectivity index (χ2n) is 4.50. The van der Waals surface area contributed by atoms with Crippen molar-refractivity contribution in [2.45, 2.75) is 36.6 Å². The Balaban J connectivity index is 2.54. The highest BCUT2D eigenvalue weighted by molar-refractivity contribution is 8.00. The highest BCUT2D eigenvalue weighted by atomic mass is 32.2. The quantitative estimate of drug-likeness (QED) is 0.569. The second-order valence-corrected chi connectivity index (χ2v) is 5.92. The van der Waals surface area contributed by atoms with E-state index in [1.807, 2.05) is 13.0 Å². The maximum Gasteiger partial charge on any atom is 0.137 e. The fourth-order valence-corrected chi connectivity index (χ4v) is 2.37. The molecule has 0 aromatic heterocycles. The zero-order valence-corrected chi connectivity index (χ0v) is 12.5. The second kappa shape index (κ2) is 8.53. The number of thioether (sulfide) groups is 1. The predicted octanol–water partition coefficient (Wildman–Crippen LogP) is 2.42. The smallest absolute Gasteiger partial charge is 0.137 e. The van der Waals surface area contributed by atoms with E-state index in [0.717, 1.165) is 12.1 Å². The van der Waals surface area contributed by atoms with Crippen LogP contribution in [0.25, 0.3) is 0 Å². The average molecular weight is 287 g/mol. The molecule has 19 heavy (non-hydrogen) atoms. The number of benzene rings is 1. The Morgan fingerprint density at radius 3 is 2.74 bits per heavy atom. The van der Waals surface area contributed by atoms with Gasteiger partial charge in [-0.05, 0) is 24.6 Å². The van der Waals surface area contributed by atoms with E-state index >= 15 is 0 Å². The van der Waals surface area contributed by atoms with Crippen LogP contribution in [0.15, 0.2) is 23.1 Å². The third-order valence-corrected chi connectivity index (χ3v) is 4.15. The number of methoxy groups -OCH3 is 1. The molecule has 0 bridgehead atoms. The van der Waals surface area contributed by atoms with Gasteiger partial charge in [-0.3, -0.25) is 0 Å². The summed E-state index contributed by atoms with van der Waals surface area (Å²) in [6.07, 6.45) is -0.459. The van der Waals surface area contributed by atoms with Crippen LogP contribution in [-0.4, -0.2) is 36.7 Å². The third-order valence-electron chi connectivity index (χ3n) is 2.80. The SMILES string of the molecule is COCCNCc1ccc(SC(C)C(C)O)c(F)c1. The zero-order chi connectivity index (χ0) is 14.3. The molecule has 0 aliphatic heterocycles. The largest absolute Gasteiger partial charge is 0.392 e. The van der Waals surface area contributed by atoms with E-state index in [9.17, 15) is 9.50 Å². The maximum atomic E-state index is 13.9. The van der Waals surface area contributed by atoms with Crippen molar-refractivity contribution in [1.82, 2.24) is 5.32 Å². The Kier molecular flexibility index (Phi) is 7.38. The van der Waals surface area contributed by atoms with Crippen molar-refractivity contribution in [1.29, 1.82) is 0 Å². The van der Waals surface area contributed by atoms with E-state index in [2.05, 4.69) is 5.32 Å². The number of aliphatic hydroxyl groups is 1. The molecule has 0 amide bonds. The molecule has 0 saturated carbocycles. The Labute approximate surface area is 118 Å². The van der Waals surface area contributed by atoms with Gasteiger partial charge >= 0.3 is 0 Å². The Bertz CT molecular complexity index is 388. The number of aliphatic hydroxyl groups excluding tert-OH is 1. The maximum absolute atomic E-state index is 13.9. The van der Waals surface area contributed by atoms with Gasteiger partial charge in [-0.15, -0.1) is 11.8 Å². The molecule has 108 valence electrons. The van der Waals surface area contributed by atoms with E-state index in [-0.39, 0.29) is 11.1 Å². The van der Waals surface area contributed by atoms with Gasteiger partial charge in [0.05, 0.1) is 12.7 Å². The summed E-state index contributed by atoms with van der Waals surface area (Å²) >= 11 is 1.35. The first-order chi connectivity index (χ1) is 9.04. The fraction of sp³-hybridized carbons (Fsp3) is 0.571. The number of halogens is 1. The molecule has 0 radical (unpaired) electrons. The Hall–Kier alpha value is -0.620. The van der Waals surface area contributed by atoms with E-state index in [1.165, 1.54) is 17.8 Å². The zero-order valence-electron chi connectivity index (χ0n) is 11.6. The minimum Gasteiger partial charge on any atom is -0.392 e. The van der Waals surface area contributed by atoms with Crippen molar-refractivity contribution in [2.24, 2.45) is 0 Å². The standard InChI is InChI=1S/C14H22FNO2S/c1-10(17)11(2)19-14-5-4-12(8-13(14)15)9-16-6-7-18-3/h4-5,8,10-11,16-17H,6-7,9H2,1-3H3. The first kappa shape index (κ1) is 16.4. The predicted molar refractivity (Wildman–Crippen MR) is 77.0 cm³/mol. The van der Waals surface area contributed by atoms with Crippen LogP contribution in [0.2, 0.25) is 0 Å². The molecule has 0 saturated heterocycles. The van der Waals surface area contributed by atoms with Gasteiger partial charge in [0.1, 0.15) is 5.82 Å². The number of nitrogens with one attached hydrogen (secondary N) is 1. The van der Waals surface area contributed by atoms with Crippen molar-refractivity contribution in [3.8, 4) is 0 Å². The summed E-state index contributed by atoms with van der Waals surface area (Å²) in [5.74, 6) is -0.233. The van der Waals surface area contributed by atoms with Gasteiger partial charge in [-0.2, -0.15) is 0 Å². The van der Waals surface area contributed by atoms with E-state index < -0.39 is 6.10 Å². The van der Waals surface area contributed by atoms with Gasteiger partial charge in [-0.1, -0.05) is 13.0 Å². The van der Waals surface area contributed by atoms with Gasteiger partial charge in [0.15, 0.2) is 0 Å². The molecule has 0 aliphatic rings. The molecule has 0 heterocycles. The van der Waals surface area contributed by atoms with E-state index in [1.54, 1.807) is 20.1 Å². The average Bonchev–Trinajstić information content (AvgIpc) is 2.37. The van der Waals surface area contributed by atoms with Crippen LogP contribution < -0.4 is 5.32 Å². The molecule has 2 atom stereocenters.